The molecule has 5 nitrogen and oxygen atoms in total. The van der Waals surface area contributed by atoms with Crippen LogP contribution in [0, 0.1) is 0 Å². The second-order valence-electron chi connectivity index (χ2n) is 6.28. The zero-order valence-corrected chi connectivity index (χ0v) is 20.7. The molecule has 1 rings (SSSR count). The fourth-order valence-corrected chi connectivity index (χ4v) is 8.62. The summed E-state index contributed by atoms with van der Waals surface area (Å²) in [6, 6.07) is 7.09. The van der Waals surface area contributed by atoms with Crippen molar-refractivity contribution in [2.24, 2.45) is 0 Å². The average Bonchev–Trinajstić information content (AvgIpc) is 2.69. The van der Waals surface area contributed by atoms with Crippen molar-refractivity contribution >= 4 is 37.6 Å². The van der Waals surface area contributed by atoms with Gasteiger partial charge in [0, 0.05) is 49.9 Å². The third kappa shape index (κ3) is 6.29. The van der Waals surface area contributed by atoms with Crippen molar-refractivity contribution in [3.8, 4) is 0 Å². The summed E-state index contributed by atoms with van der Waals surface area (Å²) >= 11 is 5.96. The summed E-state index contributed by atoms with van der Waals surface area (Å²) in [6.07, 6.45) is 0.652. The molecule has 0 aliphatic carbocycles. The Morgan fingerprint density at radius 2 is 1.18 bits per heavy atom. The summed E-state index contributed by atoms with van der Waals surface area (Å²) in [4.78, 5) is 12.8. The van der Waals surface area contributed by atoms with E-state index in [1.165, 1.54) is 0 Å². The Bertz CT molecular complexity index is 531. The van der Waals surface area contributed by atoms with E-state index >= 15 is 0 Å². The fraction of sp³-hybridized carbons (Fsp3) is 0.650. The molecule has 0 saturated heterocycles. The van der Waals surface area contributed by atoms with Gasteiger partial charge in [-0.25, -0.2) is 0 Å². The standard InChI is InChI=1S/C20H36ClN4OP.ClH/c1-7-23(8-2)27(24(9-3)10-4,25(11-5)12-6)17-22-20(26)18-13-15-19(21)16-14-18;/h13-16H,7-12,17H2,1-6H3;1H/p+1. The molecule has 0 aliphatic rings. The van der Waals surface area contributed by atoms with Crippen LogP contribution in [0.2, 0.25) is 5.02 Å². The topological polar surface area (TPSA) is 38.8 Å². The van der Waals surface area contributed by atoms with E-state index in [1.54, 1.807) is 24.3 Å². The van der Waals surface area contributed by atoms with E-state index < -0.39 is 7.71 Å². The van der Waals surface area contributed by atoms with Crippen LogP contribution in [0.25, 0.3) is 0 Å². The van der Waals surface area contributed by atoms with Crippen molar-refractivity contribution in [3.05, 3.63) is 34.9 Å². The van der Waals surface area contributed by atoms with E-state index in [0.717, 1.165) is 39.3 Å². The van der Waals surface area contributed by atoms with Crippen molar-refractivity contribution in [3.63, 3.8) is 0 Å². The van der Waals surface area contributed by atoms with Crippen molar-refractivity contribution in [2.75, 3.05) is 45.6 Å². The molecule has 1 aromatic carbocycles. The predicted octanol–water partition coefficient (Wildman–Crippen LogP) is 5.24. The van der Waals surface area contributed by atoms with Crippen LogP contribution < -0.4 is 5.32 Å². The number of benzene rings is 1. The lowest BCUT2D eigenvalue weighted by Gasteiger charge is -2.46. The number of nitrogens with one attached hydrogen (secondary N) is 1. The zero-order chi connectivity index (χ0) is 20.4. The first kappa shape index (κ1) is 27.6. The lowest BCUT2D eigenvalue weighted by molar-refractivity contribution is 0.0957. The molecule has 0 aromatic heterocycles. The third-order valence-corrected chi connectivity index (χ3v) is 10.4. The van der Waals surface area contributed by atoms with Gasteiger partial charge in [-0.1, -0.05) is 11.6 Å². The van der Waals surface area contributed by atoms with Gasteiger partial charge in [-0.2, -0.15) is 0 Å². The van der Waals surface area contributed by atoms with E-state index in [2.05, 4.69) is 60.9 Å². The lowest BCUT2D eigenvalue weighted by atomic mass is 10.2. The molecule has 162 valence electrons. The molecule has 0 spiro atoms. The summed E-state index contributed by atoms with van der Waals surface area (Å²) in [5.41, 5.74) is 0.649. The minimum Gasteiger partial charge on any atom is -0.316 e. The van der Waals surface area contributed by atoms with E-state index in [-0.39, 0.29) is 18.3 Å². The summed E-state index contributed by atoms with van der Waals surface area (Å²) < 4.78 is 7.69. The number of hydrogen-bond donors (Lipinski definition) is 1. The van der Waals surface area contributed by atoms with E-state index in [9.17, 15) is 4.79 Å². The highest BCUT2D eigenvalue weighted by molar-refractivity contribution is 7.69. The Morgan fingerprint density at radius 3 is 1.50 bits per heavy atom. The third-order valence-electron chi connectivity index (χ3n) is 5.11. The smallest absolute Gasteiger partial charge is 0.254 e. The van der Waals surface area contributed by atoms with Crippen LogP contribution in [0.1, 0.15) is 51.9 Å². The van der Waals surface area contributed by atoms with Crippen LogP contribution in [0.5, 0.6) is 0 Å². The zero-order valence-electron chi connectivity index (χ0n) is 18.2. The van der Waals surface area contributed by atoms with Crippen molar-refractivity contribution in [1.82, 2.24) is 19.3 Å². The minimum absolute atomic E-state index is 0. The largest absolute Gasteiger partial charge is 0.316 e. The molecule has 28 heavy (non-hydrogen) atoms. The maximum atomic E-state index is 12.8. The molecule has 0 fully saturated rings. The molecule has 0 aliphatic heterocycles. The van der Waals surface area contributed by atoms with Crippen molar-refractivity contribution < 1.29 is 4.79 Å². The maximum Gasteiger partial charge on any atom is 0.254 e. The van der Waals surface area contributed by atoms with E-state index in [4.69, 9.17) is 11.6 Å². The normalized spacial score (nSPS) is 11.8. The van der Waals surface area contributed by atoms with Crippen LogP contribution in [-0.4, -0.2) is 65.5 Å². The molecular formula is C20H38Cl2N4OP+. The first-order valence-corrected chi connectivity index (χ1v) is 12.3. The summed E-state index contributed by atoms with van der Waals surface area (Å²) in [6.45, 7) is 19.1. The second-order valence-corrected chi connectivity index (χ2v) is 10.1. The van der Waals surface area contributed by atoms with Gasteiger partial charge in [-0.3, -0.25) is 4.79 Å². The molecule has 0 radical (unpaired) electrons. The van der Waals surface area contributed by atoms with Crippen molar-refractivity contribution in [2.45, 2.75) is 41.5 Å². The second kappa shape index (κ2) is 13.7. The van der Waals surface area contributed by atoms with E-state index in [1.807, 2.05) is 0 Å². The molecule has 0 unspecified atom stereocenters. The molecule has 0 saturated carbocycles. The molecule has 0 heterocycles. The molecular weight excluding hydrogens is 414 g/mol. The monoisotopic (exact) mass is 451 g/mol. The van der Waals surface area contributed by atoms with Gasteiger partial charge in [-0.05, 0) is 65.8 Å². The highest BCUT2D eigenvalue weighted by Gasteiger charge is 2.53. The Kier molecular flexibility index (Phi) is 13.5. The Hall–Kier alpha value is -0.420. The fourth-order valence-electron chi connectivity index (χ4n) is 3.75. The number of carbonyl (C=O) groups is 1. The van der Waals surface area contributed by atoms with Gasteiger partial charge in [-0.15, -0.1) is 26.4 Å². The molecule has 8 heteroatoms. The van der Waals surface area contributed by atoms with Crippen LogP contribution in [0.3, 0.4) is 0 Å². The molecule has 1 aromatic rings. The lowest BCUT2D eigenvalue weighted by Crippen LogP contribution is -2.49. The van der Waals surface area contributed by atoms with Gasteiger partial charge in [0.25, 0.3) is 5.91 Å². The number of carbonyl (C=O) groups excluding carboxylic acids is 1. The first-order chi connectivity index (χ1) is 12.9. The minimum atomic E-state index is -1.87. The SMILES string of the molecule is CCN(CC)[P+](CNC(=O)c1ccc(Cl)cc1)(N(CC)CC)N(CC)CC.Cl. The number of nitrogens with zero attached hydrogens (tertiary/aromatic N) is 3. The van der Waals surface area contributed by atoms with E-state index in [0.29, 0.717) is 16.9 Å². The summed E-state index contributed by atoms with van der Waals surface area (Å²) in [7, 11) is -1.87. The van der Waals surface area contributed by atoms with Crippen molar-refractivity contribution in [1.29, 1.82) is 0 Å². The van der Waals surface area contributed by atoms with Crippen LogP contribution in [0.4, 0.5) is 0 Å². The van der Waals surface area contributed by atoms with Crippen LogP contribution >= 0.6 is 31.7 Å². The average molecular weight is 452 g/mol. The van der Waals surface area contributed by atoms with Gasteiger partial charge in [0.2, 0.25) is 7.71 Å². The first-order valence-electron chi connectivity index (χ1n) is 10.1. The van der Waals surface area contributed by atoms with Gasteiger partial charge in [0.05, 0.1) is 0 Å². The Labute approximate surface area is 183 Å². The summed E-state index contributed by atoms with van der Waals surface area (Å²) in [5, 5.41) is 3.89. The number of halogens is 2. The Morgan fingerprint density at radius 1 is 0.821 bits per heavy atom. The van der Waals surface area contributed by atoms with Gasteiger partial charge in [0.15, 0.2) is 6.29 Å². The van der Waals surface area contributed by atoms with Gasteiger partial charge < -0.3 is 5.32 Å². The summed E-state index contributed by atoms with van der Waals surface area (Å²) in [5.74, 6) is -0.0393. The van der Waals surface area contributed by atoms with Gasteiger partial charge >= 0.3 is 0 Å². The van der Waals surface area contributed by atoms with Crippen LogP contribution in [0.15, 0.2) is 24.3 Å². The molecule has 0 atom stereocenters. The maximum absolute atomic E-state index is 12.8. The number of hydrogen-bond acceptors (Lipinski definition) is 4. The molecule has 1 N–H and O–H groups in total. The Balaban J connectivity index is 0.00000729. The highest BCUT2D eigenvalue weighted by atomic mass is 35.5. The highest BCUT2D eigenvalue weighted by Crippen LogP contribution is 2.66. The van der Waals surface area contributed by atoms with Crippen LogP contribution in [-0.2, 0) is 0 Å². The predicted molar refractivity (Wildman–Crippen MR) is 127 cm³/mol. The molecule has 1 amide bonds. The quantitative estimate of drug-likeness (QED) is 0.441. The number of amides is 1. The number of rotatable bonds is 12. The van der Waals surface area contributed by atoms with Gasteiger partial charge in [0.1, 0.15) is 0 Å². The molecule has 0 bridgehead atoms.